The second-order valence-electron chi connectivity index (χ2n) is 5.43. The molecular weight excluding hydrogens is 326 g/mol. The summed E-state index contributed by atoms with van der Waals surface area (Å²) in [6, 6.07) is 8.25. The van der Waals surface area contributed by atoms with E-state index in [0.717, 1.165) is 16.2 Å². The van der Waals surface area contributed by atoms with Gasteiger partial charge in [0.25, 0.3) is 11.5 Å². The van der Waals surface area contributed by atoms with Crippen molar-refractivity contribution in [3.05, 3.63) is 64.2 Å². The first-order valence-corrected chi connectivity index (χ1v) is 7.49. The van der Waals surface area contributed by atoms with Crippen LogP contribution in [0.1, 0.15) is 15.9 Å². The highest BCUT2D eigenvalue weighted by molar-refractivity contribution is 5.93. The molecule has 4 rings (SSSR count). The molecule has 2 N–H and O–H groups in total. The summed E-state index contributed by atoms with van der Waals surface area (Å²) in [5, 5.41) is 12.4. The van der Waals surface area contributed by atoms with Crippen LogP contribution in [-0.4, -0.2) is 27.2 Å². The number of hydrogen-bond donors (Lipinski definition) is 2. The van der Waals surface area contributed by atoms with E-state index in [1.165, 1.54) is 18.3 Å². The summed E-state index contributed by atoms with van der Waals surface area (Å²) < 4.78 is 11.6. The Hall–Kier alpha value is -3.55. The second kappa shape index (κ2) is 5.82. The molecule has 8 heteroatoms. The van der Waals surface area contributed by atoms with Gasteiger partial charge in [-0.2, -0.15) is 0 Å². The van der Waals surface area contributed by atoms with Gasteiger partial charge >= 0.3 is 0 Å². The molecule has 0 unspecified atom stereocenters. The van der Waals surface area contributed by atoms with Crippen LogP contribution in [0.3, 0.4) is 0 Å². The fourth-order valence-corrected chi connectivity index (χ4v) is 2.58. The van der Waals surface area contributed by atoms with Crippen LogP contribution in [0, 0.1) is 0 Å². The van der Waals surface area contributed by atoms with E-state index in [2.05, 4.69) is 10.3 Å². The smallest absolute Gasteiger partial charge is 0.270 e. The van der Waals surface area contributed by atoms with Crippen molar-refractivity contribution in [2.24, 2.45) is 0 Å². The highest BCUT2D eigenvalue weighted by atomic mass is 16.7. The lowest BCUT2D eigenvalue weighted by molar-refractivity contribution is 0.0948. The molecule has 3 aromatic rings. The van der Waals surface area contributed by atoms with E-state index < -0.39 is 11.5 Å². The number of rotatable bonds is 3. The van der Waals surface area contributed by atoms with Gasteiger partial charge in [-0.25, -0.2) is 4.98 Å². The zero-order chi connectivity index (χ0) is 17.4. The minimum atomic E-state index is -0.552. The Labute approximate surface area is 141 Å². The number of aromatic hydroxyl groups is 1. The molecule has 2 aromatic heterocycles. The molecule has 0 atom stereocenters. The molecule has 0 fully saturated rings. The number of amides is 1. The predicted octanol–water partition coefficient (Wildman–Crippen LogP) is 1.06. The molecule has 1 aliphatic heterocycles. The van der Waals surface area contributed by atoms with Gasteiger partial charge in [0.1, 0.15) is 5.56 Å². The predicted molar refractivity (Wildman–Crippen MR) is 86.9 cm³/mol. The average Bonchev–Trinajstić information content (AvgIpc) is 3.08. The SMILES string of the molecule is O=C(NCc1ccc2c(c1)OCO2)c1cnc2c(O)cccn2c1=O. The molecule has 0 bridgehead atoms. The highest BCUT2D eigenvalue weighted by Crippen LogP contribution is 2.32. The monoisotopic (exact) mass is 339 g/mol. The Morgan fingerprint density at radius 3 is 3.00 bits per heavy atom. The second-order valence-corrected chi connectivity index (χ2v) is 5.43. The number of nitrogens with one attached hydrogen (secondary N) is 1. The van der Waals surface area contributed by atoms with Gasteiger partial charge in [-0.3, -0.25) is 14.0 Å². The quantitative estimate of drug-likeness (QED) is 0.740. The van der Waals surface area contributed by atoms with Gasteiger partial charge in [-0.1, -0.05) is 6.07 Å². The maximum absolute atomic E-state index is 12.4. The number of carbonyl (C=O) groups excluding carboxylic acids is 1. The Balaban J connectivity index is 1.56. The van der Waals surface area contributed by atoms with E-state index in [-0.39, 0.29) is 30.3 Å². The Morgan fingerprint density at radius 2 is 2.12 bits per heavy atom. The molecule has 0 saturated carbocycles. The summed E-state index contributed by atoms with van der Waals surface area (Å²) in [6.45, 7) is 0.398. The molecule has 0 saturated heterocycles. The number of hydrogen-bond acceptors (Lipinski definition) is 6. The van der Waals surface area contributed by atoms with Crippen molar-refractivity contribution >= 4 is 11.6 Å². The van der Waals surface area contributed by atoms with Gasteiger partial charge < -0.3 is 19.9 Å². The van der Waals surface area contributed by atoms with E-state index in [1.54, 1.807) is 18.2 Å². The molecule has 1 amide bonds. The number of ether oxygens (including phenoxy) is 2. The van der Waals surface area contributed by atoms with Crippen LogP contribution in [0.15, 0.2) is 47.5 Å². The van der Waals surface area contributed by atoms with Crippen molar-refractivity contribution in [3.8, 4) is 17.2 Å². The van der Waals surface area contributed by atoms with Crippen LogP contribution in [-0.2, 0) is 6.54 Å². The number of nitrogens with zero attached hydrogens (tertiary/aromatic N) is 2. The van der Waals surface area contributed by atoms with E-state index in [1.807, 2.05) is 0 Å². The van der Waals surface area contributed by atoms with Gasteiger partial charge in [0.15, 0.2) is 22.9 Å². The summed E-state index contributed by atoms with van der Waals surface area (Å²) >= 11 is 0. The van der Waals surface area contributed by atoms with Crippen molar-refractivity contribution in [1.29, 1.82) is 0 Å². The zero-order valence-electron chi connectivity index (χ0n) is 12.9. The third-order valence-corrected chi connectivity index (χ3v) is 3.85. The van der Waals surface area contributed by atoms with E-state index in [4.69, 9.17) is 9.47 Å². The third kappa shape index (κ3) is 2.63. The van der Waals surface area contributed by atoms with Crippen LogP contribution in [0.25, 0.3) is 5.65 Å². The first-order chi connectivity index (χ1) is 12.1. The summed E-state index contributed by atoms with van der Waals surface area (Å²) in [6.07, 6.45) is 2.60. The molecule has 0 aliphatic carbocycles. The van der Waals surface area contributed by atoms with Crippen molar-refractivity contribution in [2.75, 3.05) is 6.79 Å². The first kappa shape index (κ1) is 15.0. The van der Waals surface area contributed by atoms with E-state index in [9.17, 15) is 14.7 Å². The summed E-state index contributed by atoms with van der Waals surface area (Å²) in [7, 11) is 0. The topological polar surface area (TPSA) is 102 Å². The van der Waals surface area contributed by atoms with Crippen molar-refractivity contribution < 1.29 is 19.4 Å². The molecule has 3 heterocycles. The average molecular weight is 339 g/mol. The Kier molecular flexibility index (Phi) is 3.50. The van der Waals surface area contributed by atoms with Crippen molar-refractivity contribution in [2.45, 2.75) is 6.54 Å². The lowest BCUT2D eigenvalue weighted by Crippen LogP contribution is -2.31. The summed E-state index contributed by atoms with van der Waals surface area (Å²) in [5.41, 5.74) is 0.247. The molecule has 25 heavy (non-hydrogen) atoms. The summed E-state index contributed by atoms with van der Waals surface area (Å²) in [5.74, 6) is 0.598. The number of fused-ring (bicyclic) bond motifs is 2. The highest BCUT2D eigenvalue weighted by Gasteiger charge is 2.16. The van der Waals surface area contributed by atoms with Crippen LogP contribution >= 0.6 is 0 Å². The largest absolute Gasteiger partial charge is 0.504 e. The van der Waals surface area contributed by atoms with Gasteiger partial charge in [0.05, 0.1) is 0 Å². The standard InChI is InChI=1S/C17H13N3O5/c21-12-2-1-5-20-15(12)18-8-11(17(20)23)16(22)19-7-10-3-4-13-14(6-10)25-9-24-13/h1-6,8,21H,7,9H2,(H,19,22). The fourth-order valence-electron chi connectivity index (χ4n) is 2.58. The Morgan fingerprint density at radius 1 is 1.28 bits per heavy atom. The van der Waals surface area contributed by atoms with Crippen LogP contribution in [0.4, 0.5) is 0 Å². The molecule has 1 aromatic carbocycles. The van der Waals surface area contributed by atoms with E-state index in [0.29, 0.717) is 11.5 Å². The van der Waals surface area contributed by atoms with Gasteiger partial charge in [0, 0.05) is 18.9 Å². The number of aromatic nitrogens is 2. The number of benzene rings is 1. The molecule has 126 valence electrons. The van der Waals surface area contributed by atoms with Crippen molar-refractivity contribution in [3.63, 3.8) is 0 Å². The Bertz CT molecular complexity index is 1040. The van der Waals surface area contributed by atoms with Crippen molar-refractivity contribution in [1.82, 2.24) is 14.7 Å². The molecule has 0 radical (unpaired) electrons. The first-order valence-electron chi connectivity index (χ1n) is 7.49. The number of carbonyl (C=O) groups is 1. The fraction of sp³-hybridized carbons (Fsp3) is 0.118. The molecule has 8 nitrogen and oxygen atoms in total. The lowest BCUT2D eigenvalue weighted by atomic mass is 10.2. The maximum atomic E-state index is 12.4. The van der Waals surface area contributed by atoms with Gasteiger partial charge in [0.2, 0.25) is 6.79 Å². The van der Waals surface area contributed by atoms with Crippen LogP contribution in [0.2, 0.25) is 0 Å². The molecule has 0 spiro atoms. The minimum absolute atomic E-state index is 0.0971. The third-order valence-electron chi connectivity index (χ3n) is 3.85. The van der Waals surface area contributed by atoms with Gasteiger partial charge in [-0.15, -0.1) is 0 Å². The van der Waals surface area contributed by atoms with E-state index >= 15 is 0 Å². The minimum Gasteiger partial charge on any atom is -0.504 e. The maximum Gasteiger partial charge on any atom is 0.270 e. The molecular formula is C17H13N3O5. The van der Waals surface area contributed by atoms with Crippen LogP contribution in [0.5, 0.6) is 17.2 Å². The van der Waals surface area contributed by atoms with Gasteiger partial charge in [-0.05, 0) is 29.8 Å². The summed E-state index contributed by atoms with van der Waals surface area (Å²) in [4.78, 5) is 28.7. The normalized spacial score (nSPS) is 12.3. The van der Waals surface area contributed by atoms with Crippen LogP contribution < -0.4 is 20.3 Å². The molecule has 1 aliphatic rings. The number of pyridine rings is 1. The zero-order valence-corrected chi connectivity index (χ0v) is 12.9. The lowest BCUT2D eigenvalue weighted by Gasteiger charge is -2.07.